The molecule has 0 aromatic heterocycles. The van der Waals surface area contributed by atoms with Crippen molar-refractivity contribution in [3.8, 4) is 0 Å². The first kappa shape index (κ1) is 19.1. The number of aliphatic hydroxyl groups is 2. The Morgan fingerprint density at radius 1 is 1.16 bits per heavy atom. The second kappa shape index (κ2) is 8.72. The maximum Gasteiger partial charge on any atom is 0.336 e. The molecule has 138 valence electrons. The fraction of sp³-hybridized carbons (Fsp3) is 0.625. The number of imide groups is 1. The van der Waals surface area contributed by atoms with Crippen LogP contribution < -0.4 is 5.32 Å². The van der Waals surface area contributed by atoms with Gasteiger partial charge in [-0.2, -0.15) is 0 Å². The van der Waals surface area contributed by atoms with Gasteiger partial charge in [0.1, 0.15) is 0 Å². The van der Waals surface area contributed by atoms with Crippen molar-refractivity contribution in [3.63, 3.8) is 0 Å². The van der Waals surface area contributed by atoms with Crippen LogP contribution in [0.3, 0.4) is 0 Å². The van der Waals surface area contributed by atoms with Crippen LogP contribution in [0.25, 0.3) is 0 Å². The average molecular weight is 354 g/mol. The molecule has 0 bridgehead atoms. The number of amides is 3. The molecule has 1 saturated carbocycles. The van der Waals surface area contributed by atoms with Gasteiger partial charge in [0.2, 0.25) is 5.91 Å². The predicted octanol–water partition coefficient (Wildman–Crippen LogP) is -0.617. The Balaban J connectivity index is 1.70. The molecule has 9 nitrogen and oxygen atoms in total. The van der Waals surface area contributed by atoms with Gasteiger partial charge in [0, 0.05) is 25.5 Å². The number of nitrogens with zero attached hydrogens (tertiary/aromatic N) is 1. The van der Waals surface area contributed by atoms with E-state index in [-0.39, 0.29) is 24.7 Å². The van der Waals surface area contributed by atoms with Gasteiger partial charge in [-0.15, -0.1) is 5.06 Å². The van der Waals surface area contributed by atoms with Crippen LogP contribution in [0.4, 0.5) is 0 Å². The lowest BCUT2D eigenvalue weighted by molar-refractivity contribution is -0.201. The minimum absolute atomic E-state index is 0.0697. The standard InChI is InChI=1S/C16H22N2O7/c19-12(5-8-15(22)23)17-9-10-1-3-11(4-2-10)16(24)25-18-13(20)6-7-14(18)21/h5,8,10-11,15,22-23H,1-4,6-7,9H2,(H,17,19)/b8-5-/t10-,11-. The van der Waals surface area contributed by atoms with Gasteiger partial charge in [-0.25, -0.2) is 4.79 Å². The van der Waals surface area contributed by atoms with Crippen LogP contribution in [0.1, 0.15) is 38.5 Å². The maximum absolute atomic E-state index is 12.1. The molecule has 3 amide bonds. The fourth-order valence-electron chi connectivity index (χ4n) is 2.90. The first-order valence-corrected chi connectivity index (χ1v) is 8.26. The summed E-state index contributed by atoms with van der Waals surface area (Å²) >= 11 is 0. The molecule has 0 aromatic carbocycles. The van der Waals surface area contributed by atoms with E-state index in [1.165, 1.54) is 0 Å². The van der Waals surface area contributed by atoms with Crippen molar-refractivity contribution in [2.24, 2.45) is 11.8 Å². The van der Waals surface area contributed by atoms with Gasteiger partial charge in [0.15, 0.2) is 6.29 Å². The molecule has 2 rings (SSSR count). The molecule has 2 fully saturated rings. The zero-order valence-electron chi connectivity index (χ0n) is 13.7. The molecule has 1 saturated heterocycles. The van der Waals surface area contributed by atoms with Crippen LogP contribution in [0.15, 0.2) is 12.2 Å². The number of hydroxylamine groups is 2. The van der Waals surface area contributed by atoms with Gasteiger partial charge in [0.25, 0.3) is 11.8 Å². The quantitative estimate of drug-likeness (QED) is 0.329. The van der Waals surface area contributed by atoms with Crippen LogP contribution in [0, 0.1) is 11.8 Å². The summed E-state index contributed by atoms with van der Waals surface area (Å²) in [6, 6.07) is 0. The molecule has 0 radical (unpaired) electrons. The predicted molar refractivity (Wildman–Crippen MR) is 83.0 cm³/mol. The largest absolute Gasteiger partial charge is 0.365 e. The van der Waals surface area contributed by atoms with E-state index < -0.39 is 30.0 Å². The molecule has 1 aliphatic heterocycles. The topological polar surface area (TPSA) is 133 Å². The number of aliphatic hydroxyl groups excluding tert-OH is 1. The Morgan fingerprint density at radius 2 is 1.76 bits per heavy atom. The molecule has 0 atom stereocenters. The number of rotatable bonds is 6. The third kappa shape index (κ3) is 5.64. The smallest absolute Gasteiger partial charge is 0.336 e. The second-order valence-electron chi connectivity index (χ2n) is 6.23. The summed E-state index contributed by atoms with van der Waals surface area (Å²) in [4.78, 5) is 51.4. The van der Waals surface area contributed by atoms with E-state index in [1.807, 2.05) is 0 Å². The Morgan fingerprint density at radius 3 is 2.32 bits per heavy atom. The lowest BCUT2D eigenvalue weighted by Crippen LogP contribution is -2.36. The summed E-state index contributed by atoms with van der Waals surface area (Å²) in [6.45, 7) is 0.426. The van der Waals surface area contributed by atoms with Gasteiger partial charge in [-0.3, -0.25) is 14.4 Å². The molecule has 1 aliphatic carbocycles. The van der Waals surface area contributed by atoms with Crippen molar-refractivity contribution >= 4 is 23.7 Å². The Bertz CT molecular complexity index is 549. The number of hydrogen-bond acceptors (Lipinski definition) is 7. The van der Waals surface area contributed by atoms with Crippen molar-refractivity contribution in [1.29, 1.82) is 0 Å². The summed E-state index contributed by atoms with van der Waals surface area (Å²) in [6.07, 6.45) is 3.01. The van der Waals surface area contributed by atoms with Gasteiger partial charge in [0.05, 0.1) is 5.92 Å². The van der Waals surface area contributed by atoms with E-state index >= 15 is 0 Å². The lowest BCUT2D eigenvalue weighted by Gasteiger charge is -2.27. The highest BCUT2D eigenvalue weighted by molar-refractivity contribution is 6.01. The van der Waals surface area contributed by atoms with Crippen LogP contribution in [-0.2, 0) is 24.0 Å². The van der Waals surface area contributed by atoms with Crippen molar-refractivity contribution in [2.75, 3.05) is 6.54 Å². The van der Waals surface area contributed by atoms with Crippen molar-refractivity contribution in [1.82, 2.24) is 10.4 Å². The normalized spacial score (nSPS) is 24.2. The summed E-state index contributed by atoms with van der Waals surface area (Å²) < 4.78 is 0. The minimum atomic E-state index is -1.67. The maximum atomic E-state index is 12.1. The van der Waals surface area contributed by atoms with Crippen LogP contribution >= 0.6 is 0 Å². The summed E-state index contributed by atoms with van der Waals surface area (Å²) in [5, 5.41) is 20.5. The molecule has 9 heteroatoms. The average Bonchev–Trinajstić information content (AvgIpc) is 2.90. The SMILES string of the molecule is O=C(/C=C\C(O)O)NC[C@H]1CC[C@H](C(=O)ON2C(=O)CCC2=O)CC1. The third-order valence-corrected chi connectivity index (χ3v) is 4.35. The van der Waals surface area contributed by atoms with E-state index in [0.29, 0.717) is 37.3 Å². The molecule has 3 N–H and O–H groups in total. The molecule has 0 unspecified atom stereocenters. The zero-order chi connectivity index (χ0) is 18.4. The summed E-state index contributed by atoms with van der Waals surface area (Å²) in [7, 11) is 0. The fourth-order valence-corrected chi connectivity index (χ4v) is 2.90. The monoisotopic (exact) mass is 354 g/mol. The molecule has 1 heterocycles. The molecule has 2 aliphatic rings. The van der Waals surface area contributed by atoms with E-state index in [0.717, 1.165) is 12.2 Å². The Hall–Kier alpha value is -2.26. The second-order valence-corrected chi connectivity index (χ2v) is 6.23. The zero-order valence-corrected chi connectivity index (χ0v) is 13.7. The number of carbonyl (C=O) groups is 4. The number of hydrogen-bond donors (Lipinski definition) is 3. The van der Waals surface area contributed by atoms with Gasteiger partial charge < -0.3 is 20.4 Å². The van der Waals surface area contributed by atoms with Gasteiger partial charge in [-0.1, -0.05) is 0 Å². The van der Waals surface area contributed by atoms with Gasteiger partial charge >= 0.3 is 5.97 Å². The van der Waals surface area contributed by atoms with Crippen molar-refractivity contribution < 1.29 is 34.2 Å². The molecule has 25 heavy (non-hydrogen) atoms. The summed E-state index contributed by atoms with van der Waals surface area (Å²) in [5.74, 6) is -2.12. The number of carbonyl (C=O) groups excluding carboxylic acids is 4. The van der Waals surface area contributed by atoms with E-state index in [2.05, 4.69) is 5.32 Å². The minimum Gasteiger partial charge on any atom is -0.365 e. The Kier molecular flexibility index (Phi) is 6.65. The lowest BCUT2D eigenvalue weighted by atomic mass is 9.82. The third-order valence-electron chi connectivity index (χ3n) is 4.35. The molecular formula is C16H22N2O7. The van der Waals surface area contributed by atoms with Crippen molar-refractivity contribution in [2.45, 2.75) is 44.8 Å². The van der Waals surface area contributed by atoms with Crippen LogP contribution in [-0.4, -0.2) is 51.8 Å². The van der Waals surface area contributed by atoms with E-state index in [4.69, 9.17) is 15.1 Å². The van der Waals surface area contributed by atoms with Crippen LogP contribution in [0.2, 0.25) is 0 Å². The van der Waals surface area contributed by atoms with Crippen LogP contribution in [0.5, 0.6) is 0 Å². The Labute approximate surface area is 144 Å². The number of nitrogens with one attached hydrogen (secondary N) is 1. The molecular weight excluding hydrogens is 332 g/mol. The van der Waals surface area contributed by atoms with Gasteiger partial charge in [-0.05, 0) is 37.7 Å². The first-order chi connectivity index (χ1) is 11.9. The van der Waals surface area contributed by atoms with Crippen molar-refractivity contribution in [3.05, 3.63) is 12.2 Å². The highest BCUT2D eigenvalue weighted by atomic mass is 16.7. The summed E-state index contributed by atoms with van der Waals surface area (Å²) in [5.41, 5.74) is 0. The first-order valence-electron chi connectivity index (χ1n) is 8.26. The van der Waals surface area contributed by atoms with E-state index in [9.17, 15) is 19.2 Å². The highest BCUT2D eigenvalue weighted by Gasteiger charge is 2.36. The van der Waals surface area contributed by atoms with E-state index in [1.54, 1.807) is 0 Å². The molecule has 0 spiro atoms. The molecule has 0 aromatic rings. The highest BCUT2D eigenvalue weighted by Crippen LogP contribution is 2.30.